The Morgan fingerprint density at radius 2 is 1.62 bits per heavy atom. The first-order valence-electron chi connectivity index (χ1n) is 14.4. The Morgan fingerprint density at radius 3 is 2.19 bits per heavy atom. The van der Waals surface area contributed by atoms with E-state index in [1.54, 1.807) is 6.20 Å². The normalized spacial score (nSPS) is 24.5. The highest BCUT2D eigenvalue weighted by atomic mass is 32.2. The van der Waals surface area contributed by atoms with Crippen LogP contribution in [0, 0.1) is 0 Å². The van der Waals surface area contributed by atoms with Gasteiger partial charge in [0.2, 0.25) is 0 Å². The van der Waals surface area contributed by atoms with Crippen molar-refractivity contribution in [1.82, 2.24) is 13.3 Å². The second-order valence-electron chi connectivity index (χ2n) is 13.0. The highest BCUT2D eigenvalue weighted by molar-refractivity contribution is 7.87. The van der Waals surface area contributed by atoms with Gasteiger partial charge in [0.1, 0.15) is 37.4 Å². The molecule has 2 bridgehead atoms. The fraction of sp³-hybridized carbons (Fsp3) is 0.516. The third kappa shape index (κ3) is 5.63. The van der Waals surface area contributed by atoms with Crippen LogP contribution in [-0.4, -0.2) is 74.9 Å². The van der Waals surface area contributed by atoms with E-state index >= 15 is 0 Å². The highest BCUT2D eigenvalue weighted by Gasteiger charge is 2.64. The fourth-order valence-corrected chi connectivity index (χ4v) is 9.12. The third-order valence-corrected chi connectivity index (χ3v) is 16.0. The van der Waals surface area contributed by atoms with Crippen molar-refractivity contribution < 1.29 is 27.4 Å². The molecule has 0 spiro atoms. The number of ether oxygens (including phenoxy) is 4. The van der Waals surface area contributed by atoms with Crippen molar-refractivity contribution >= 4 is 23.7 Å². The van der Waals surface area contributed by atoms with Crippen molar-refractivity contribution in [2.45, 2.75) is 76.0 Å². The second-order valence-corrected chi connectivity index (χ2v) is 20.2. The van der Waals surface area contributed by atoms with Crippen molar-refractivity contribution in [3.8, 4) is 0 Å². The first-order valence-corrected chi connectivity index (χ1v) is 18.8. The summed E-state index contributed by atoms with van der Waals surface area (Å²) in [5.74, 6) is 0. The molecule has 1 aromatic heterocycles. The number of rotatable bonds is 11. The summed E-state index contributed by atoms with van der Waals surface area (Å²) in [7, 11) is -3.24. The minimum atomic E-state index is -3.92. The third-order valence-electron chi connectivity index (χ3n) is 8.89. The van der Waals surface area contributed by atoms with Crippen LogP contribution in [0.3, 0.4) is 0 Å². The van der Waals surface area contributed by atoms with Crippen LogP contribution in [0.2, 0.25) is 18.1 Å². The van der Waals surface area contributed by atoms with Crippen LogP contribution < -0.4 is 5.45 Å². The Balaban J connectivity index is 1.52. The maximum absolute atomic E-state index is 13.9. The quantitative estimate of drug-likeness (QED) is 0.299. The molecule has 0 aliphatic carbocycles. The molecule has 4 atom stereocenters. The molecule has 0 N–H and O–H groups in total. The fourth-order valence-electron chi connectivity index (χ4n) is 5.38. The molecule has 9 nitrogen and oxygen atoms in total. The van der Waals surface area contributed by atoms with Crippen molar-refractivity contribution in [3.63, 3.8) is 0 Å². The average molecular weight is 614 g/mol. The van der Waals surface area contributed by atoms with Gasteiger partial charge in [0.25, 0.3) is 0 Å². The molecular weight excluding hydrogens is 571 g/mol. The van der Waals surface area contributed by atoms with E-state index in [0.29, 0.717) is 24.4 Å². The second kappa shape index (κ2) is 11.6. The van der Waals surface area contributed by atoms with Crippen molar-refractivity contribution in [3.05, 3.63) is 83.7 Å². The highest BCUT2D eigenvalue weighted by Crippen LogP contribution is 2.49. The molecule has 2 aliphatic heterocycles. The Bertz CT molecular complexity index is 1470. The number of hydrogen-bond donors (Lipinski definition) is 0. The van der Waals surface area contributed by atoms with E-state index in [1.807, 2.05) is 60.7 Å². The van der Waals surface area contributed by atoms with Crippen LogP contribution in [-0.2, 0) is 42.4 Å². The maximum Gasteiger partial charge on any atom is 0.308 e. The molecule has 0 radical (unpaired) electrons. The topological polar surface area (TPSA) is 92.1 Å². The smallest absolute Gasteiger partial charge is 0.308 e. The van der Waals surface area contributed by atoms with Crippen LogP contribution in [0.1, 0.15) is 43.7 Å². The number of benzene rings is 2. The molecule has 3 heterocycles. The lowest BCUT2D eigenvalue weighted by atomic mass is 9.98. The van der Waals surface area contributed by atoms with Gasteiger partial charge in [0.05, 0.1) is 38.3 Å². The minimum absolute atomic E-state index is 0.144. The lowest BCUT2D eigenvalue weighted by Gasteiger charge is -2.37. The van der Waals surface area contributed by atoms with Gasteiger partial charge in [-0.2, -0.15) is 12.7 Å². The molecule has 3 aromatic rings. The molecule has 0 saturated carbocycles. The Morgan fingerprint density at radius 1 is 1.02 bits per heavy atom. The van der Waals surface area contributed by atoms with E-state index in [-0.39, 0.29) is 18.3 Å². The van der Waals surface area contributed by atoms with Gasteiger partial charge in [-0.25, -0.2) is 8.96 Å². The summed E-state index contributed by atoms with van der Waals surface area (Å²) in [5.41, 5.74) is 2.20. The van der Waals surface area contributed by atoms with Gasteiger partial charge in [0, 0.05) is 14.1 Å². The summed E-state index contributed by atoms with van der Waals surface area (Å²) in [6.45, 7) is 12.0. The first-order chi connectivity index (χ1) is 19.8. The summed E-state index contributed by atoms with van der Waals surface area (Å²) in [6.07, 6.45) is -0.0619. The summed E-state index contributed by atoms with van der Waals surface area (Å²) in [6, 6.07) is 19.9. The standard InChI is InChI=1S/C31H43N3O6SSi/c1-30(2,3)42(6,7)29-32-18-25(34(29)41(35,36)33(4)5)26-27-28(38-20-24-16-12-9-13-17-24)31(40-26,22-39-27)21-37-19-23-14-10-8-11-15-23/h8-18,26-28H,19-22H2,1-7H3/t26-,27-,28-,31-/m0/s1. The largest absolute Gasteiger partial charge is 0.374 e. The number of aromatic nitrogens is 2. The molecule has 2 aromatic carbocycles. The van der Waals surface area contributed by atoms with Crippen molar-refractivity contribution in [2.24, 2.45) is 0 Å². The van der Waals surface area contributed by atoms with Gasteiger partial charge in [-0.05, 0) is 16.2 Å². The molecule has 0 unspecified atom stereocenters. The summed E-state index contributed by atoms with van der Waals surface area (Å²) in [5, 5.41) is -0.144. The predicted molar refractivity (Wildman–Crippen MR) is 164 cm³/mol. The number of nitrogens with zero attached hydrogens (tertiary/aromatic N) is 3. The first kappa shape index (κ1) is 31.1. The van der Waals surface area contributed by atoms with Crippen LogP contribution in [0.15, 0.2) is 66.9 Å². The lowest BCUT2D eigenvalue weighted by molar-refractivity contribution is -0.177. The molecule has 2 fully saturated rings. The van der Waals surface area contributed by atoms with Gasteiger partial charge < -0.3 is 18.9 Å². The van der Waals surface area contributed by atoms with E-state index in [4.69, 9.17) is 23.9 Å². The van der Waals surface area contributed by atoms with Crippen LogP contribution in [0.4, 0.5) is 0 Å². The van der Waals surface area contributed by atoms with Crippen LogP contribution in [0.25, 0.3) is 0 Å². The number of fused-ring (bicyclic) bond motifs is 2. The molecule has 2 aliphatic rings. The van der Waals surface area contributed by atoms with Crippen LogP contribution >= 0.6 is 0 Å². The van der Waals surface area contributed by atoms with E-state index in [0.717, 1.165) is 11.1 Å². The molecule has 11 heteroatoms. The average Bonchev–Trinajstić information content (AvgIpc) is 3.63. The Kier molecular flexibility index (Phi) is 8.58. The van der Waals surface area contributed by atoms with Gasteiger partial charge in [-0.15, -0.1) is 0 Å². The zero-order chi connectivity index (χ0) is 30.3. The molecule has 2 saturated heterocycles. The summed E-state index contributed by atoms with van der Waals surface area (Å²) >= 11 is 0. The molecule has 228 valence electrons. The summed E-state index contributed by atoms with van der Waals surface area (Å²) in [4.78, 5) is 4.79. The van der Waals surface area contributed by atoms with E-state index in [1.165, 1.54) is 22.4 Å². The van der Waals surface area contributed by atoms with E-state index in [9.17, 15) is 8.42 Å². The minimum Gasteiger partial charge on any atom is -0.374 e. The van der Waals surface area contributed by atoms with Crippen LogP contribution in [0.5, 0.6) is 0 Å². The molecular formula is C31H43N3O6SSi. The monoisotopic (exact) mass is 613 g/mol. The Hall–Kier alpha value is -2.38. The Labute approximate surface area is 251 Å². The lowest BCUT2D eigenvalue weighted by Crippen LogP contribution is -2.56. The van der Waals surface area contributed by atoms with Gasteiger partial charge in [-0.1, -0.05) is 94.5 Å². The predicted octanol–water partition coefficient (Wildman–Crippen LogP) is 4.26. The SMILES string of the molecule is CN(C)S(=O)(=O)n1c([C@@H]2O[C@@]3(COCc4ccccc4)CO[C@@H]2[C@@H]3OCc2ccccc2)cnc1[Si](C)(C)C(C)(C)C. The van der Waals surface area contributed by atoms with Crippen molar-refractivity contribution in [1.29, 1.82) is 0 Å². The van der Waals surface area contributed by atoms with E-state index in [2.05, 4.69) is 33.9 Å². The van der Waals surface area contributed by atoms with E-state index < -0.39 is 42.2 Å². The van der Waals surface area contributed by atoms with Crippen molar-refractivity contribution in [2.75, 3.05) is 27.3 Å². The maximum atomic E-state index is 13.9. The van der Waals surface area contributed by atoms with Gasteiger partial charge in [0.15, 0.2) is 0 Å². The number of hydrogen-bond acceptors (Lipinski definition) is 7. The van der Waals surface area contributed by atoms with Gasteiger partial charge >= 0.3 is 10.2 Å². The number of imidazole rings is 1. The zero-order valence-corrected chi connectivity index (χ0v) is 27.4. The molecule has 0 amide bonds. The molecule has 42 heavy (non-hydrogen) atoms. The van der Waals surface area contributed by atoms with Gasteiger partial charge in [-0.3, -0.25) is 0 Å². The zero-order valence-electron chi connectivity index (χ0n) is 25.6. The molecule has 5 rings (SSSR count). The summed E-state index contributed by atoms with van der Waals surface area (Å²) < 4.78 is 56.3.